The predicted molar refractivity (Wildman–Crippen MR) is 331 cm³/mol. The number of rotatable bonds is 11. The Labute approximate surface area is 497 Å². The number of phenolic OH excluding ortho intramolecular Hbond substituents is 2. The molecule has 0 fully saturated rings. The van der Waals surface area contributed by atoms with Crippen LogP contribution in [0.4, 0.5) is 39.8 Å². The van der Waals surface area contributed by atoms with Gasteiger partial charge in [-0.05, 0) is 132 Å². The highest BCUT2D eigenvalue weighted by molar-refractivity contribution is 7.45. The molecule has 0 bridgehead atoms. The number of hydrogen-bond acceptors (Lipinski definition) is 13. The average molecular weight is 1190 g/mol. The number of fused-ring (bicyclic) bond motifs is 3. The number of nitrogens with zero attached hydrogens (tertiary/aromatic N) is 6. The maximum Gasteiger partial charge on any atom is 0.385 e. The zero-order valence-electron chi connectivity index (χ0n) is 45.0. The third-order valence-electron chi connectivity index (χ3n) is 12.4. The smallest absolute Gasteiger partial charge is 0.385 e. The number of phosphoric ester groups is 1. The summed E-state index contributed by atoms with van der Waals surface area (Å²) >= 11 is 11.9. The fraction of sp³-hybridized carbons (Fsp3) is 0.0308. The Morgan fingerprint density at radius 3 is 1.41 bits per heavy atom. The van der Waals surface area contributed by atoms with E-state index in [0.717, 1.165) is 32.7 Å². The largest absolute Gasteiger partial charge is 0.746 e. The van der Waals surface area contributed by atoms with Gasteiger partial charge in [0.25, 0.3) is 23.1 Å². The van der Waals surface area contributed by atoms with Crippen molar-refractivity contribution in [2.24, 2.45) is 20.5 Å². The molecule has 2 amide bonds. The number of aromatic hydroxyl groups is 2. The van der Waals surface area contributed by atoms with Crippen LogP contribution in [0.1, 0.15) is 37.4 Å². The van der Waals surface area contributed by atoms with Gasteiger partial charge in [0.15, 0.2) is 16.4 Å². The molecule has 420 valence electrons. The van der Waals surface area contributed by atoms with Crippen molar-refractivity contribution in [2.75, 3.05) is 10.6 Å². The molecule has 0 heterocycles. The topological polar surface area (TPSA) is 263 Å². The molecule has 0 saturated heterocycles. The number of amides is 2. The first-order valence-corrected chi connectivity index (χ1v) is 27.9. The van der Waals surface area contributed by atoms with E-state index in [-0.39, 0.29) is 45.3 Å². The summed E-state index contributed by atoms with van der Waals surface area (Å²) < 4.78 is 15.8. The Balaban J connectivity index is 0.000000157. The zero-order chi connectivity index (χ0) is 60.5. The second-order valence-corrected chi connectivity index (χ2v) is 20.4. The van der Waals surface area contributed by atoms with Crippen molar-refractivity contribution in [2.45, 2.75) is 13.8 Å². The van der Waals surface area contributed by atoms with Crippen LogP contribution in [0, 0.1) is 19.2 Å². The molecule has 11 aromatic rings. The van der Waals surface area contributed by atoms with Gasteiger partial charge in [0, 0.05) is 49.7 Å². The third kappa shape index (κ3) is 16.4. The lowest BCUT2D eigenvalue weighted by molar-refractivity contribution is -0.211. The number of aryl methyl sites for hydroxylation is 2. The van der Waals surface area contributed by atoms with Crippen LogP contribution in [-0.2, 0) is 9.36 Å². The summed E-state index contributed by atoms with van der Waals surface area (Å²) in [5.41, 5.74) is 5.29. The molecule has 11 aromatic carbocycles. The van der Waals surface area contributed by atoms with E-state index in [4.69, 9.17) is 33.5 Å². The van der Waals surface area contributed by atoms with Crippen molar-refractivity contribution in [3.05, 3.63) is 267 Å². The normalized spacial score (nSPS) is 11.4. The van der Waals surface area contributed by atoms with Gasteiger partial charge in [-0.3, -0.25) is 14.2 Å². The number of carbonyl (C=O) groups excluding carboxylic acids is 3. The summed E-state index contributed by atoms with van der Waals surface area (Å²) in [6.45, 7) is 3.63. The minimum atomic E-state index is -5.08. The number of phenols is 2. The quantitative estimate of drug-likeness (QED) is 0.0354. The van der Waals surface area contributed by atoms with Crippen molar-refractivity contribution >= 4 is 121 Å². The minimum absolute atomic E-state index is 0.0248. The monoisotopic (exact) mass is 1190 g/mol. The summed E-state index contributed by atoms with van der Waals surface area (Å²) in [6, 6.07) is 65.4. The molecule has 0 aromatic heterocycles. The molecule has 17 nitrogen and oxygen atoms in total. The van der Waals surface area contributed by atoms with Crippen molar-refractivity contribution in [3.63, 3.8) is 0 Å². The Hall–Kier alpha value is -10.5. The molecule has 11 rings (SSSR count). The van der Waals surface area contributed by atoms with E-state index in [2.05, 4.69) is 40.6 Å². The lowest BCUT2D eigenvalue weighted by Crippen LogP contribution is -2.15. The van der Waals surface area contributed by atoms with E-state index in [0.29, 0.717) is 49.3 Å². The van der Waals surface area contributed by atoms with E-state index in [1.807, 2.05) is 122 Å². The van der Waals surface area contributed by atoms with Crippen LogP contribution in [-0.4, -0.2) is 33.2 Å². The third-order valence-corrected chi connectivity index (χ3v) is 13.3. The van der Waals surface area contributed by atoms with Gasteiger partial charge < -0.3 is 35.2 Å². The Bertz CT molecular complexity index is 4390. The fourth-order valence-corrected chi connectivity index (χ4v) is 9.15. The average Bonchev–Trinajstić information content (AvgIpc) is 2.78. The van der Waals surface area contributed by atoms with Crippen LogP contribution < -0.4 is 20.1 Å². The number of benzene rings is 11. The van der Waals surface area contributed by atoms with Gasteiger partial charge in [0.2, 0.25) is 5.39 Å². The van der Waals surface area contributed by atoms with Crippen LogP contribution in [0.25, 0.3) is 37.3 Å². The molecule has 1 unspecified atom stereocenters. The Morgan fingerprint density at radius 2 is 0.953 bits per heavy atom. The lowest BCUT2D eigenvalue weighted by Gasteiger charge is -2.20. The van der Waals surface area contributed by atoms with Gasteiger partial charge in [-0.25, -0.2) is 0 Å². The summed E-state index contributed by atoms with van der Waals surface area (Å²) in [5.74, 6) is -1.71. The van der Waals surface area contributed by atoms with Crippen molar-refractivity contribution in [1.29, 1.82) is 5.39 Å². The molecule has 0 spiro atoms. The van der Waals surface area contributed by atoms with Gasteiger partial charge in [0.05, 0.1) is 28.6 Å². The number of diazo groups is 1. The number of hydrogen-bond donors (Lipinski definition) is 5. The van der Waals surface area contributed by atoms with Crippen LogP contribution >= 0.6 is 31.0 Å². The van der Waals surface area contributed by atoms with Crippen LogP contribution in [0.15, 0.2) is 245 Å². The van der Waals surface area contributed by atoms with E-state index < -0.39 is 19.6 Å². The number of halogens is 2. The van der Waals surface area contributed by atoms with E-state index in [1.165, 1.54) is 12.1 Å². The van der Waals surface area contributed by atoms with Crippen molar-refractivity contribution in [1.82, 2.24) is 0 Å². The van der Waals surface area contributed by atoms with Crippen LogP contribution in [0.5, 0.6) is 17.2 Å². The van der Waals surface area contributed by atoms with E-state index >= 15 is 0 Å². The first kappa shape index (κ1) is 60.6. The first-order valence-electron chi connectivity index (χ1n) is 25.6. The van der Waals surface area contributed by atoms with Gasteiger partial charge in [0.1, 0.15) is 11.4 Å². The van der Waals surface area contributed by atoms with E-state index in [9.17, 15) is 34.1 Å². The Morgan fingerprint density at radius 1 is 0.541 bits per heavy atom. The highest BCUT2D eigenvalue weighted by Crippen LogP contribution is 2.42. The maximum atomic E-state index is 13.0. The molecule has 20 heteroatoms. The zero-order valence-corrected chi connectivity index (χ0v) is 47.4. The standard InChI is InChI=1S/C24H18ClN3O2.C18H15ClNO5P.C17H10N2O2.C6H5N2/c1-15-13-17(25)11-12-21(15)26-24(30)20-14-16-7-5-6-10-19(16)22(23(20)29)28-27-18-8-3-2-4-9-18;1-11-8-14(19)6-7-16(11)20-18(21)15-9-12-4-2-3-5-13(12)10-17(15)25-26(22,23)24;20-11-13-10-12-6-4-5-9-15(12)16(17(13)21)19-18-14-7-2-1-3-8-14;7-8-6-4-2-1-3-5-6/h2-14,29H,1H3,(H,26,30);2-10H,1H3,(H,20,21)(H2,22,23,24);1-10H;1-5H/q;;;+1. The van der Waals surface area contributed by atoms with Gasteiger partial charge >= 0.3 is 19.8 Å². The molecule has 5 N–H and O–H groups in total. The van der Waals surface area contributed by atoms with Gasteiger partial charge in [-0.15, -0.1) is 20.1 Å². The maximum absolute atomic E-state index is 13.0. The highest BCUT2D eigenvalue weighted by Gasteiger charge is 2.23. The Kier molecular flexibility index (Phi) is 20.3. The van der Waals surface area contributed by atoms with E-state index in [1.54, 1.807) is 110 Å². The second kappa shape index (κ2) is 28.4. The SMILES string of the molecule is Cc1cc(Cl)ccc1NC(=O)c1cc2ccccc2c(N=Nc2ccccc2)c1O.Cc1cc(Cl)ccc1NC(=O)c1cc2ccccc2cc1OP(=O)([O-])O.N#[N+]c1ccccc1.O=[C+]c1cc2ccccc2c(N=Nc2ccccc2)c1O. The van der Waals surface area contributed by atoms with Gasteiger partial charge in [-0.2, -0.15) is 5.11 Å². The summed E-state index contributed by atoms with van der Waals surface area (Å²) in [4.78, 5) is 59.8. The molecule has 0 aliphatic carbocycles. The number of azo groups is 2. The molecule has 0 radical (unpaired) electrons. The molecule has 0 aliphatic rings. The number of nitrogens with one attached hydrogen (secondary N) is 2. The molecule has 0 aliphatic heterocycles. The van der Waals surface area contributed by atoms with Crippen molar-refractivity contribution in [3.8, 4) is 17.2 Å². The van der Waals surface area contributed by atoms with Crippen molar-refractivity contribution < 1.29 is 43.5 Å². The minimum Gasteiger partial charge on any atom is -0.746 e. The molecular weight excluding hydrogens is 1140 g/mol. The molecule has 85 heavy (non-hydrogen) atoms. The van der Waals surface area contributed by atoms with Gasteiger partial charge in [-0.1, -0.05) is 138 Å². The second-order valence-electron chi connectivity index (χ2n) is 18.4. The first-order chi connectivity index (χ1) is 41.0. The molecular formula is C65H48Cl2N8O9P+. The van der Waals surface area contributed by atoms with Crippen LogP contribution in [0.3, 0.4) is 0 Å². The van der Waals surface area contributed by atoms with Crippen LogP contribution in [0.2, 0.25) is 10.0 Å². The number of carbonyl (C=O) groups is 2. The molecule has 0 saturated carbocycles. The summed E-state index contributed by atoms with van der Waals surface area (Å²) in [6.07, 6.45) is 1.72. The summed E-state index contributed by atoms with van der Waals surface area (Å²) in [7, 11) is -5.08. The predicted octanol–water partition coefficient (Wildman–Crippen LogP) is 17.7. The lowest BCUT2D eigenvalue weighted by atomic mass is 10.0. The fourth-order valence-electron chi connectivity index (χ4n) is 8.30. The molecule has 1 atom stereocenters. The number of anilines is 2. The highest BCUT2D eigenvalue weighted by atomic mass is 35.5. The summed E-state index contributed by atoms with van der Waals surface area (Å²) in [5, 5.41) is 56.9. The number of phosphoric acid groups is 1.